The average molecular weight is 410 g/mol. The van der Waals surface area contributed by atoms with Gasteiger partial charge in [-0.15, -0.1) is 0 Å². The van der Waals surface area contributed by atoms with Gasteiger partial charge < -0.3 is 19.7 Å². The van der Waals surface area contributed by atoms with E-state index in [0.717, 1.165) is 18.9 Å². The molecule has 0 aromatic heterocycles. The molecule has 0 saturated carbocycles. The quantitative estimate of drug-likeness (QED) is 0.607. The number of alkyl halides is 3. The first-order chi connectivity index (χ1) is 13.7. The molecule has 8 heteroatoms. The molecule has 0 aliphatic rings. The fourth-order valence-corrected chi connectivity index (χ4v) is 2.60. The Morgan fingerprint density at radius 1 is 1.10 bits per heavy atom. The lowest BCUT2D eigenvalue weighted by molar-refractivity contribution is -0.136. The van der Waals surface area contributed by atoms with E-state index < -0.39 is 17.6 Å². The van der Waals surface area contributed by atoms with E-state index in [1.807, 2.05) is 6.92 Å². The Bertz CT molecular complexity index is 852. The zero-order valence-corrected chi connectivity index (χ0v) is 16.9. The van der Waals surface area contributed by atoms with Gasteiger partial charge >= 0.3 is 6.18 Å². The summed E-state index contributed by atoms with van der Waals surface area (Å²) in [4.78, 5) is 14.1. The SMILES string of the molecule is CCCCOc1ccc(C(=O)Nc2ccc(N(C)C)cc2C(F)(F)F)cc1OC. The summed E-state index contributed by atoms with van der Waals surface area (Å²) in [6, 6.07) is 8.26. The number of unbranched alkanes of at least 4 members (excludes halogenated alkanes) is 1. The van der Waals surface area contributed by atoms with Gasteiger partial charge in [0.1, 0.15) is 0 Å². The van der Waals surface area contributed by atoms with Crippen LogP contribution in [-0.2, 0) is 6.18 Å². The first-order valence-corrected chi connectivity index (χ1v) is 9.18. The minimum absolute atomic E-state index is 0.162. The molecule has 0 aliphatic heterocycles. The molecular formula is C21H25F3N2O3. The summed E-state index contributed by atoms with van der Waals surface area (Å²) < 4.78 is 51.2. The third kappa shape index (κ3) is 5.79. The average Bonchev–Trinajstić information content (AvgIpc) is 2.67. The van der Waals surface area contributed by atoms with E-state index in [1.54, 1.807) is 25.1 Å². The molecular weight excluding hydrogens is 385 g/mol. The highest BCUT2D eigenvalue weighted by molar-refractivity contribution is 6.05. The first kappa shape index (κ1) is 22.4. The molecule has 1 amide bonds. The largest absolute Gasteiger partial charge is 0.493 e. The monoisotopic (exact) mass is 410 g/mol. The van der Waals surface area contributed by atoms with Crippen LogP contribution in [0.25, 0.3) is 0 Å². The summed E-state index contributed by atoms with van der Waals surface area (Å²) in [6.45, 7) is 2.54. The van der Waals surface area contributed by atoms with Crippen LogP contribution in [0.4, 0.5) is 24.5 Å². The molecule has 29 heavy (non-hydrogen) atoms. The van der Waals surface area contributed by atoms with E-state index in [9.17, 15) is 18.0 Å². The number of carbonyl (C=O) groups excluding carboxylic acids is 1. The predicted octanol–water partition coefficient (Wildman–Crippen LogP) is 5.21. The van der Waals surface area contributed by atoms with E-state index in [1.165, 1.54) is 31.4 Å². The second-order valence-electron chi connectivity index (χ2n) is 6.64. The van der Waals surface area contributed by atoms with Crippen molar-refractivity contribution in [3.05, 3.63) is 47.5 Å². The van der Waals surface area contributed by atoms with Crippen LogP contribution in [0, 0.1) is 0 Å². The summed E-state index contributed by atoms with van der Waals surface area (Å²) in [5.74, 6) is 0.142. The highest BCUT2D eigenvalue weighted by atomic mass is 19.4. The number of carbonyl (C=O) groups is 1. The van der Waals surface area contributed by atoms with Crippen molar-refractivity contribution in [1.29, 1.82) is 0 Å². The lowest BCUT2D eigenvalue weighted by Crippen LogP contribution is -2.18. The number of hydrogen-bond acceptors (Lipinski definition) is 4. The van der Waals surface area contributed by atoms with Crippen LogP contribution < -0.4 is 19.7 Å². The summed E-state index contributed by atoms with van der Waals surface area (Å²) in [5, 5.41) is 2.35. The summed E-state index contributed by atoms with van der Waals surface area (Å²) in [5.41, 5.74) is -0.682. The molecule has 0 unspecified atom stereocenters. The molecule has 5 nitrogen and oxygen atoms in total. The van der Waals surface area contributed by atoms with Crippen molar-refractivity contribution in [1.82, 2.24) is 0 Å². The zero-order valence-electron chi connectivity index (χ0n) is 16.9. The number of benzene rings is 2. The van der Waals surface area contributed by atoms with Crippen molar-refractivity contribution in [3.8, 4) is 11.5 Å². The molecule has 0 bridgehead atoms. The van der Waals surface area contributed by atoms with E-state index in [0.29, 0.717) is 23.8 Å². The Morgan fingerprint density at radius 3 is 2.41 bits per heavy atom. The van der Waals surface area contributed by atoms with Crippen molar-refractivity contribution < 1.29 is 27.4 Å². The van der Waals surface area contributed by atoms with E-state index in [-0.39, 0.29) is 11.3 Å². The van der Waals surface area contributed by atoms with Gasteiger partial charge in [-0.05, 0) is 42.8 Å². The number of nitrogens with zero attached hydrogens (tertiary/aromatic N) is 1. The maximum absolute atomic E-state index is 13.5. The van der Waals surface area contributed by atoms with Gasteiger partial charge in [0.05, 0.1) is 25.0 Å². The van der Waals surface area contributed by atoms with Crippen molar-refractivity contribution in [3.63, 3.8) is 0 Å². The van der Waals surface area contributed by atoms with Crippen LogP contribution in [0.3, 0.4) is 0 Å². The van der Waals surface area contributed by atoms with Gasteiger partial charge in [0.2, 0.25) is 0 Å². The fourth-order valence-electron chi connectivity index (χ4n) is 2.60. The standard InChI is InChI=1S/C21H25F3N2O3/c1-5-6-11-29-18-10-7-14(12-19(18)28-4)20(27)25-17-9-8-15(26(2)3)13-16(17)21(22,23)24/h7-10,12-13H,5-6,11H2,1-4H3,(H,25,27). The fraction of sp³-hybridized carbons (Fsp3) is 0.381. The molecule has 2 aromatic rings. The molecule has 0 heterocycles. The topological polar surface area (TPSA) is 50.8 Å². The summed E-state index contributed by atoms with van der Waals surface area (Å²) >= 11 is 0. The number of rotatable bonds is 8. The highest BCUT2D eigenvalue weighted by Gasteiger charge is 2.34. The summed E-state index contributed by atoms with van der Waals surface area (Å²) in [7, 11) is 4.72. The van der Waals surface area contributed by atoms with E-state index >= 15 is 0 Å². The maximum atomic E-state index is 13.5. The predicted molar refractivity (Wildman–Crippen MR) is 107 cm³/mol. The number of halogens is 3. The third-order valence-corrected chi connectivity index (χ3v) is 4.25. The van der Waals surface area contributed by atoms with Crippen molar-refractivity contribution in [2.75, 3.05) is 38.0 Å². The van der Waals surface area contributed by atoms with Crippen molar-refractivity contribution >= 4 is 17.3 Å². The molecule has 0 radical (unpaired) electrons. The van der Waals surface area contributed by atoms with Crippen LogP contribution in [0.15, 0.2) is 36.4 Å². The molecule has 158 valence electrons. The Balaban J connectivity index is 2.28. The molecule has 0 atom stereocenters. The van der Waals surface area contributed by atoms with Crippen LogP contribution in [0.2, 0.25) is 0 Å². The molecule has 0 saturated heterocycles. The van der Waals surface area contributed by atoms with Crippen LogP contribution in [0.5, 0.6) is 11.5 Å². The van der Waals surface area contributed by atoms with Crippen LogP contribution in [0.1, 0.15) is 35.7 Å². The van der Waals surface area contributed by atoms with Gasteiger partial charge in [-0.3, -0.25) is 4.79 Å². The first-order valence-electron chi connectivity index (χ1n) is 9.18. The van der Waals surface area contributed by atoms with Gasteiger partial charge in [-0.25, -0.2) is 0 Å². The minimum Gasteiger partial charge on any atom is -0.493 e. The number of amides is 1. The molecule has 0 fully saturated rings. The number of nitrogens with one attached hydrogen (secondary N) is 1. The number of methoxy groups -OCH3 is 1. The Morgan fingerprint density at radius 2 is 1.83 bits per heavy atom. The Labute approximate surface area is 168 Å². The molecule has 0 aliphatic carbocycles. The highest BCUT2D eigenvalue weighted by Crippen LogP contribution is 2.37. The smallest absolute Gasteiger partial charge is 0.418 e. The molecule has 1 N–H and O–H groups in total. The second-order valence-corrected chi connectivity index (χ2v) is 6.64. The van der Waals surface area contributed by atoms with E-state index in [4.69, 9.17) is 9.47 Å². The van der Waals surface area contributed by atoms with Crippen LogP contribution in [-0.4, -0.2) is 33.7 Å². The second kappa shape index (κ2) is 9.54. The van der Waals surface area contributed by atoms with Gasteiger partial charge in [-0.1, -0.05) is 13.3 Å². The van der Waals surface area contributed by atoms with Crippen molar-refractivity contribution in [2.45, 2.75) is 25.9 Å². The lowest BCUT2D eigenvalue weighted by Gasteiger charge is -2.19. The van der Waals surface area contributed by atoms with E-state index in [2.05, 4.69) is 5.32 Å². The molecule has 2 aromatic carbocycles. The molecule has 0 spiro atoms. The van der Waals surface area contributed by atoms with Gasteiger partial charge in [0, 0.05) is 25.3 Å². The van der Waals surface area contributed by atoms with Gasteiger partial charge in [0.15, 0.2) is 11.5 Å². The Hall–Kier alpha value is -2.90. The maximum Gasteiger partial charge on any atom is 0.418 e. The molecule has 2 rings (SSSR count). The Kier molecular flexibility index (Phi) is 7.36. The summed E-state index contributed by atoms with van der Waals surface area (Å²) in [6.07, 6.45) is -2.77. The number of ether oxygens (including phenoxy) is 2. The van der Waals surface area contributed by atoms with Crippen LogP contribution >= 0.6 is 0 Å². The zero-order chi connectivity index (χ0) is 21.6. The van der Waals surface area contributed by atoms with Gasteiger partial charge in [-0.2, -0.15) is 13.2 Å². The lowest BCUT2D eigenvalue weighted by atomic mass is 10.1. The minimum atomic E-state index is -4.61. The third-order valence-electron chi connectivity index (χ3n) is 4.25. The normalized spacial score (nSPS) is 11.1. The van der Waals surface area contributed by atoms with Gasteiger partial charge in [0.25, 0.3) is 5.91 Å². The number of hydrogen-bond donors (Lipinski definition) is 1. The van der Waals surface area contributed by atoms with Crippen molar-refractivity contribution in [2.24, 2.45) is 0 Å². The number of anilines is 2.